The van der Waals surface area contributed by atoms with Gasteiger partial charge in [-0.05, 0) is 35.9 Å². The van der Waals surface area contributed by atoms with Crippen LogP contribution < -0.4 is 10.5 Å². The van der Waals surface area contributed by atoms with Crippen molar-refractivity contribution in [3.05, 3.63) is 52.8 Å². The van der Waals surface area contributed by atoms with Gasteiger partial charge in [-0.25, -0.2) is 0 Å². The molecule has 1 atom stereocenters. The van der Waals surface area contributed by atoms with E-state index in [4.69, 9.17) is 10.5 Å². The summed E-state index contributed by atoms with van der Waals surface area (Å²) in [4.78, 5) is 5.33. The molecule has 0 aliphatic heterocycles. The van der Waals surface area contributed by atoms with Crippen LogP contribution in [0, 0.1) is 0 Å². The van der Waals surface area contributed by atoms with Gasteiger partial charge in [-0.1, -0.05) is 15.9 Å². The van der Waals surface area contributed by atoms with Crippen LogP contribution in [0.5, 0.6) is 5.75 Å². The topological polar surface area (TPSA) is 48.1 Å². The SMILES string of the molecule is COc1cncc(C(N)CSc2ccc(Br)cc2)c1. The Morgan fingerprint density at radius 3 is 2.74 bits per heavy atom. The first-order chi connectivity index (χ1) is 9.19. The number of rotatable bonds is 5. The van der Waals surface area contributed by atoms with Crippen molar-refractivity contribution in [1.29, 1.82) is 0 Å². The van der Waals surface area contributed by atoms with Crippen molar-refractivity contribution in [2.45, 2.75) is 10.9 Å². The Hall–Kier alpha value is -1.04. The van der Waals surface area contributed by atoms with Gasteiger partial charge in [0.05, 0.1) is 13.3 Å². The minimum atomic E-state index is -0.0590. The number of hydrogen-bond donors (Lipinski definition) is 1. The van der Waals surface area contributed by atoms with Crippen molar-refractivity contribution in [1.82, 2.24) is 4.98 Å². The molecule has 0 fully saturated rings. The number of aromatic nitrogens is 1. The highest BCUT2D eigenvalue weighted by Crippen LogP contribution is 2.25. The lowest BCUT2D eigenvalue weighted by atomic mass is 10.1. The molecule has 0 saturated heterocycles. The second-order valence-electron chi connectivity index (χ2n) is 4.03. The van der Waals surface area contributed by atoms with E-state index >= 15 is 0 Å². The first-order valence-electron chi connectivity index (χ1n) is 5.82. The average molecular weight is 339 g/mol. The van der Waals surface area contributed by atoms with Gasteiger partial charge < -0.3 is 10.5 Å². The zero-order valence-electron chi connectivity index (χ0n) is 10.5. The van der Waals surface area contributed by atoms with E-state index in [1.165, 1.54) is 4.90 Å². The molecular formula is C14H15BrN2OS. The molecule has 19 heavy (non-hydrogen) atoms. The van der Waals surface area contributed by atoms with E-state index in [9.17, 15) is 0 Å². The van der Waals surface area contributed by atoms with Gasteiger partial charge in [0.2, 0.25) is 0 Å². The van der Waals surface area contributed by atoms with E-state index in [2.05, 4.69) is 33.0 Å². The highest BCUT2D eigenvalue weighted by Gasteiger charge is 2.08. The third kappa shape index (κ3) is 4.23. The Morgan fingerprint density at radius 2 is 2.05 bits per heavy atom. The summed E-state index contributed by atoms with van der Waals surface area (Å²) in [5, 5.41) is 0. The monoisotopic (exact) mass is 338 g/mol. The normalized spacial score (nSPS) is 12.2. The van der Waals surface area contributed by atoms with Crippen LogP contribution in [-0.2, 0) is 0 Å². The number of hydrogen-bond acceptors (Lipinski definition) is 4. The molecule has 0 spiro atoms. The van der Waals surface area contributed by atoms with Gasteiger partial charge in [0, 0.05) is 27.4 Å². The van der Waals surface area contributed by atoms with Crippen LogP contribution in [0.15, 0.2) is 52.1 Å². The Labute approximate surface area is 125 Å². The predicted molar refractivity (Wildman–Crippen MR) is 82.6 cm³/mol. The molecule has 1 heterocycles. The molecule has 2 rings (SSSR count). The van der Waals surface area contributed by atoms with Crippen LogP contribution in [0.2, 0.25) is 0 Å². The summed E-state index contributed by atoms with van der Waals surface area (Å²) in [6.07, 6.45) is 3.47. The van der Waals surface area contributed by atoms with Gasteiger partial charge >= 0.3 is 0 Å². The van der Waals surface area contributed by atoms with Crippen LogP contribution in [0.3, 0.4) is 0 Å². The van der Waals surface area contributed by atoms with Gasteiger partial charge in [-0.15, -0.1) is 11.8 Å². The molecule has 0 amide bonds. The highest BCUT2D eigenvalue weighted by atomic mass is 79.9. The predicted octanol–water partition coefficient (Wildman–Crippen LogP) is 3.64. The Balaban J connectivity index is 1.96. The first-order valence-corrected chi connectivity index (χ1v) is 7.60. The summed E-state index contributed by atoms with van der Waals surface area (Å²) in [6.45, 7) is 0. The van der Waals surface area contributed by atoms with Gasteiger partial charge in [0.1, 0.15) is 5.75 Å². The van der Waals surface area contributed by atoms with Crippen molar-refractivity contribution < 1.29 is 4.74 Å². The van der Waals surface area contributed by atoms with Crippen molar-refractivity contribution in [3.63, 3.8) is 0 Å². The molecule has 0 radical (unpaired) electrons. The van der Waals surface area contributed by atoms with Gasteiger partial charge in [0.25, 0.3) is 0 Å². The molecule has 1 unspecified atom stereocenters. The maximum absolute atomic E-state index is 6.17. The standard InChI is InChI=1S/C14H15BrN2OS/c1-18-12-6-10(7-17-8-12)14(16)9-19-13-4-2-11(15)3-5-13/h2-8,14H,9,16H2,1H3. The Morgan fingerprint density at radius 1 is 1.32 bits per heavy atom. The van der Waals surface area contributed by atoms with E-state index in [1.807, 2.05) is 18.2 Å². The molecule has 5 heteroatoms. The zero-order chi connectivity index (χ0) is 13.7. The van der Waals surface area contributed by atoms with E-state index in [-0.39, 0.29) is 6.04 Å². The van der Waals surface area contributed by atoms with Crippen LogP contribution in [0.25, 0.3) is 0 Å². The summed E-state index contributed by atoms with van der Waals surface area (Å²) >= 11 is 5.15. The fourth-order valence-corrected chi connectivity index (χ4v) is 2.72. The second-order valence-corrected chi connectivity index (χ2v) is 6.04. The summed E-state index contributed by atoms with van der Waals surface area (Å²) < 4.78 is 6.23. The fourth-order valence-electron chi connectivity index (χ4n) is 1.56. The smallest absolute Gasteiger partial charge is 0.137 e. The van der Waals surface area contributed by atoms with E-state index < -0.39 is 0 Å². The van der Waals surface area contributed by atoms with Crippen LogP contribution in [0.1, 0.15) is 11.6 Å². The molecule has 100 valence electrons. The third-order valence-electron chi connectivity index (χ3n) is 2.64. The number of thioether (sulfide) groups is 1. The van der Waals surface area contributed by atoms with Gasteiger partial charge in [0.15, 0.2) is 0 Å². The summed E-state index contributed by atoms with van der Waals surface area (Å²) in [7, 11) is 1.63. The molecule has 3 nitrogen and oxygen atoms in total. The lowest BCUT2D eigenvalue weighted by Gasteiger charge is -2.12. The van der Waals surface area contributed by atoms with Crippen LogP contribution in [0.4, 0.5) is 0 Å². The first kappa shape index (κ1) is 14.4. The molecule has 2 N–H and O–H groups in total. The van der Waals surface area contributed by atoms with Crippen LogP contribution >= 0.6 is 27.7 Å². The zero-order valence-corrected chi connectivity index (χ0v) is 12.9. The third-order valence-corrected chi connectivity index (χ3v) is 4.30. The van der Waals surface area contributed by atoms with Crippen molar-refractivity contribution >= 4 is 27.7 Å². The van der Waals surface area contributed by atoms with Crippen molar-refractivity contribution in [2.24, 2.45) is 5.73 Å². The number of nitrogens with two attached hydrogens (primary N) is 1. The number of benzene rings is 1. The van der Waals surface area contributed by atoms with Crippen LogP contribution in [-0.4, -0.2) is 17.8 Å². The number of methoxy groups -OCH3 is 1. The largest absolute Gasteiger partial charge is 0.495 e. The van der Waals surface area contributed by atoms with Crippen molar-refractivity contribution in [3.8, 4) is 5.75 Å². The number of ether oxygens (including phenoxy) is 1. The molecule has 2 aromatic rings. The van der Waals surface area contributed by atoms with Crippen molar-refractivity contribution in [2.75, 3.05) is 12.9 Å². The Kier molecular flexibility index (Phi) is 5.24. The van der Waals surface area contributed by atoms with Gasteiger partial charge in [-0.3, -0.25) is 4.98 Å². The minimum Gasteiger partial charge on any atom is -0.495 e. The number of pyridine rings is 1. The summed E-state index contributed by atoms with van der Waals surface area (Å²) in [5.74, 6) is 1.54. The summed E-state index contributed by atoms with van der Waals surface area (Å²) in [6, 6.07) is 10.1. The number of halogens is 1. The van der Waals surface area contributed by atoms with Gasteiger partial charge in [-0.2, -0.15) is 0 Å². The van der Waals surface area contributed by atoms with E-state index in [0.717, 1.165) is 21.5 Å². The molecular weight excluding hydrogens is 324 g/mol. The maximum Gasteiger partial charge on any atom is 0.137 e. The minimum absolute atomic E-state index is 0.0590. The summed E-state index contributed by atoms with van der Waals surface area (Å²) in [5.41, 5.74) is 7.16. The van der Waals surface area contributed by atoms with E-state index in [1.54, 1.807) is 31.3 Å². The Bertz CT molecular complexity index is 533. The lowest BCUT2D eigenvalue weighted by molar-refractivity contribution is 0.412. The van der Waals surface area contributed by atoms with E-state index in [0.29, 0.717) is 0 Å². The second kappa shape index (κ2) is 6.93. The quantitative estimate of drug-likeness (QED) is 0.845. The lowest BCUT2D eigenvalue weighted by Crippen LogP contribution is -2.13. The molecule has 0 aliphatic rings. The molecule has 1 aromatic heterocycles. The number of nitrogens with zero attached hydrogens (tertiary/aromatic N) is 1. The average Bonchev–Trinajstić information content (AvgIpc) is 2.46. The fraction of sp³-hybridized carbons (Fsp3) is 0.214. The molecule has 0 bridgehead atoms. The molecule has 0 aliphatic carbocycles. The maximum atomic E-state index is 6.17. The highest BCUT2D eigenvalue weighted by molar-refractivity contribution is 9.10. The molecule has 0 saturated carbocycles. The molecule has 1 aromatic carbocycles.